The van der Waals surface area contributed by atoms with Crippen LogP contribution in [0.2, 0.25) is 0 Å². The largest absolute Gasteiger partial charge is 0.487 e. The van der Waals surface area contributed by atoms with Crippen molar-refractivity contribution < 1.29 is 14.2 Å². The van der Waals surface area contributed by atoms with E-state index in [1.807, 2.05) is 26.1 Å². The number of anilines is 1. The van der Waals surface area contributed by atoms with Crippen molar-refractivity contribution in [2.24, 2.45) is 5.92 Å². The number of pyridine rings is 1. The molecule has 0 saturated carbocycles. The monoisotopic (exact) mass is 370 g/mol. The van der Waals surface area contributed by atoms with Crippen molar-refractivity contribution in [3.8, 4) is 5.75 Å². The molecular formula is C19H34N2O3S. The summed E-state index contributed by atoms with van der Waals surface area (Å²) in [5, 5.41) is 0.326. The van der Waals surface area contributed by atoms with Crippen LogP contribution in [-0.2, 0) is 9.47 Å². The lowest BCUT2D eigenvalue weighted by Crippen LogP contribution is -2.45. The molecular weight excluding hydrogens is 336 g/mol. The van der Waals surface area contributed by atoms with Crippen LogP contribution in [0.5, 0.6) is 5.75 Å². The topological polar surface area (TPSA) is 43.8 Å². The Kier molecular flexibility index (Phi) is 10.2. The maximum Gasteiger partial charge on any atom is 0.172 e. The van der Waals surface area contributed by atoms with E-state index in [9.17, 15) is 0 Å². The first kappa shape index (κ1) is 22.1. The number of nitrogens with zero attached hydrogens (tertiary/aromatic N) is 2. The Morgan fingerprint density at radius 2 is 2.16 bits per heavy atom. The Morgan fingerprint density at radius 3 is 2.80 bits per heavy atom. The number of rotatable bonds is 8. The molecule has 2 unspecified atom stereocenters. The van der Waals surface area contributed by atoms with Crippen molar-refractivity contribution >= 4 is 18.4 Å². The SMILES string of the molecule is CC.COCOCC(CC(C)S)CN1c2nccc(C)c2OC[C@@H]1C. The van der Waals surface area contributed by atoms with E-state index in [1.54, 1.807) is 7.11 Å². The molecule has 0 spiro atoms. The van der Waals surface area contributed by atoms with Crippen molar-refractivity contribution in [1.82, 2.24) is 4.98 Å². The van der Waals surface area contributed by atoms with E-state index >= 15 is 0 Å². The molecule has 0 bridgehead atoms. The van der Waals surface area contributed by atoms with Gasteiger partial charge >= 0.3 is 0 Å². The second-order valence-corrected chi connectivity index (χ2v) is 7.20. The standard InChI is InChI=1S/C17H28N2O3S.C2H6/c1-12-5-6-18-17-16(12)22-9-13(2)19(17)8-15(7-14(3)23)10-21-11-20-4;1-2/h5-6,13-15,23H,7-11H2,1-4H3;1-2H3/t13-,14?,15?;/m0./s1. The lowest BCUT2D eigenvalue weighted by Gasteiger charge is -2.38. The van der Waals surface area contributed by atoms with Gasteiger partial charge in [-0.25, -0.2) is 4.98 Å². The molecule has 6 heteroatoms. The minimum Gasteiger partial charge on any atom is -0.487 e. The summed E-state index contributed by atoms with van der Waals surface area (Å²) in [7, 11) is 1.64. The van der Waals surface area contributed by atoms with Gasteiger partial charge in [-0.15, -0.1) is 0 Å². The summed E-state index contributed by atoms with van der Waals surface area (Å²) in [6.07, 6.45) is 2.83. The average molecular weight is 371 g/mol. The van der Waals surface area contributed by atoms with Crippen LogP contribution >= 0.6 is 12.6 Å². The van der Waals surface area contributed by atoms with Gasteiger partial charge in [-0.2, -0.15) is 12.6 Å². The predicted molar refractivity (Wildman–Crippen MR) is 107 cm³/mol. The number of methoxy groups -OCH3 is 1. The van der Waals surface area contributed by atoms with Gasteiger partial charge in [-0.1, -0.05) is 20.8 Å². The number of aromatic nitrogens is 1. The van der Waals surface area contributed by atoms with Crippen LogP contribution in [0.4, 0.5) is 5.82 Å². The second-order valence-electron chi connectivity index (χ2n) is 6.32. The van der Waals surface area contributed by atoms with Gasteiger partial charge in [0.05, 0.1) is 12.6 Å². The fourth-order valence-electron chi connectivity index (χ4n) is 2.94. The van der Waals surface area contributed by atoms with Gasteiger partial charge in [0.25, 0.3) is 0 Å². The lowest BCUT2D eigenvalue weighted by atomic mass is 10.0. The fraction of sp³-hybridized carbons (Fsp3) is 0.737. The first-order chi connectivity index (χ1) is 12.0. The van der Waals surface area contributed by atoms with Gasteiger partial charge in [0, 0.05) is 25.8 Å². The van der Waals surface area contributed by atoms with Gasteiger partial charge in [0.1, 0.15) is 13.4 Å². The van der Waals surface area contributed by atoms with Crippen molar-refractivity contribution in [2.75, 3.05) is 38.6 Å². The highest BCUT2D eigenvalue weighted by Gasteiger charge is 2.29. The zero-order valence-corrected chi connectivity index (χ0v) is 17.4. The van der Waals surface area contributed by atoms with Crippen LogP contribution in [-0.4, -0.2) is 49.9 Å². The molecule has 0 N–H and O–H groups in total. The molecule has 1 aromatic heterocycles. The fourth-order valence-corrected chi connectivity index (χ4v) is 3.23. The van der Waals surface area contributed by atoms with Gasteiger partial charge in [-0.3, -0.25) is 0 Å². The van der Waals surface area contributed by atoms with Crippen molar-refractivity contribution in [2.45, 2.75) is 52.3 Å². The van der Waals surface area contributed by atoms with Crippen LogP contribution in [0.1, 0.15) is 39.7 Å². The summed E-state index contributed by atoms with van der Waals surface area (Å²) in [6.45, 7) is 12.9. The zero-order chi connectivity index (χ0) is 18.8. The number of aryl methyl sites for hydroxylation is 1. The summed E-state index contributed by atoms with van der Waals surface area (Å²) in [4.78, 5) is 6.89. The normalized spacial score (nSPS) is 18.5. The molecule has 5 nitrogen and oxygen atoms in total. The molecule has 2 rings (SSSR count). The van der Waals surface area contributed by atoms with Crippen LogP contribution < -0.4 is 9.64 Å². The van der Waals surface area contributed by atoms with E-state index in [0.29, 0.717) is 31.2 Å². The minimum atomic E-state index is 0.289. The minimum absolute atomic E-state index is 0.289. The van der Waals surface area contributed by atoms with E-state index in [4.69, 9.17) is 14.2 Å². The van der Waals surface area contributed by atoms with Crippen molar-refractivity contribution in [3.63, 3.8) is 0 Å². The van der Waals surface area contributed by atoms with Gasteiger partial charge in [-0.05, 0) is 37.1 Å². The predicted octanol–water partition coefficient (Wildman–Crippen LogP) is 3.95. The summed E-state index contributed by atoms with van der Waals surface area (Å²) in [5.74, 6) is 2.21. The average Bonchev–Trinajstić information content (AvgIpc) is 2.59. The quantitative estimate of drug-likeness (QED) is 0.426. The molecule has 25 heavy (non-hydrogen) atoms. The molecule has 2 heterocycles. The molecule has 144 valence electrons. The van der Waals surface area contributed by atoms with Crippen LogP contribution in [0.25, 0.3) is 0 Å². The summed E-state index contributed by atoms with van der Waals surface area (Å²) < 4.78 is 16.5. The molecule has 0 amide bonds. The van der Waals surface area contributed by atoms with Crippen LogP contribution in [0, 0.1) is 12.8 Å². The third-order valence-electron chi connectivity index (χ3n) is 4.04. The molecule has 1 aliphatic rings. The first-order valence-corrected chi connectivity index (χ1v) is 9.64. The lowest BCUT2D eigenvalue weighted by molar-refractivity contribution is -0.0435. The van der Waals surface area contributed by atoms with Crippen LogP contribution in [0.15, 0.2) is 12.3 Å². The highest BCUT2D eigenvalue weighted by Crippen LogP contribution is 2.35. The molecule has 1 aliphatic heterocycles. The Balaban J connectivity index is 0.00000151. The van der Waals surface area contributed by atoms with E-state index in [1.165, 1.54) is 0 Å². The zero-order valence-electron chi connectivity index (χ0n) is 16.5. The highest BCUT2D eigenvalue weighted by molar-refractivity contribution is 7.80. The smallest absolute Gasteiger partial charge is 0.172 e. The van der Waals surface area contributed by atoms with Gasteiger partial charge < -0.3 is 19.1 Å². The third kappa shape index (κ3) is 6.68. The molecule has 0 fully saturated rings. The Morgan fingerprint density at radius 1 is 1.44 bits per heavy atom. The summed E-state index contributed by atoms with van der Waals surface area (Å²) in [6, 6.07) is 2.28. The van der Waals surface area contributed by atoms with E-state index in [2.05, 4.69) is 43.3 Å². The van der Waals surface area contributed by atoms with E-state index < -0.39 is 0 Å². The molecule has 0 aromatic carbocycles. The molecule has 1 aromatic rings. The highest BCUT2D eigenvalue weighted by atomic mass is 32.1. The van der Waals surface area contributed by atoms with E-state index in [0.717, 1.165) is 30.1 Å². The van der Waals surface area contributed by atoms with Crippen molar-refractivity contribution in [1.29, 1.82) is 0 Å². The number of hydrogen-bond acceptors (Lipinski definition) is 6. The molecule has 3 atom stereocenters. The molecule has 0 radical (unpaired) electrons. The third-order valence-corrected chi connectivity index (χ3v) is 4.25. The summed E-state index contributed by atoms with van der Waals surface area (Å²) >= 11 is 4.55. The molecule has 0 aliphatic carbocycles. The van der Waals surface area contributed by atoms with Gasteiger partial charge in [0.15, 0.2) is 11.6 Å². The summed E-state index contributed by atoms with van der Waals surface area (Å²) in [5.41, 5.74) is 1.13. The van der Waals surface area contributed by atoms with E-state index in [-0.39, 0.29) is 6.04 Å². The number of fused-ring (bicyclic) bond motifs is 1. The Hall–Kier alpha value is -0.980. The van der Waals surface area contributed by atoms with Crippen LogP contribution in [0.3, 0.4) is 0 Å². The maximum absolute atomic E-state index is 5.89. The Bertz CT molecular complexity index is 500. The number of ether oxygens (including phenoxy) is 3. The number of hydrogen-bond donors (Lipinski definition) is 1. The first-order valence-electron chi connectivity index (χ1n) is 9.12. The number of thiol groups is 1. The van der Waals surface area contributed by atoms with Gasteiger partial charge in [0.2, 0.25) is 0 Å². The van der Waals surface area contributed by atoms with Crippen molar-refractivity contribution in [3.05, 3.63) is 17.8 Å². The Labute approximate surface area is 158 Å². The second kappa shape index (κ2) is 11.6. The maximum atomic E-state index is 5.89. The molecule has 0 saturated heterocycles.